The van der Waals surface area contributed by atoms with E-state index in [2.05, 4.69) is 10.6 Å². The van der Waals surface area contributed by atoms with Gasteiger partial charge in [-0.1, -0.05) is 12.5 Å². The first kappa shape index (κ1) is 17.3. The van der Waals surface area contributed by atoms with Crippen LogP contribution in [-0.2, 0) is 16.0 Å². The maximum Gasteiger partial charge on any atom is 0.321 e. The summed E-state index contributed by atoms with van der Waals surface area (Å²) < 4.78 is 0. The van der Waals surface area contributed by atoms with Gasteiger partial charge in [0, 0.05) is 25.2 Å². The quantitative estimate of drug-likeness (QED) is 0.763. The zero-order chi connectivity index (χ0) is 18.0. The van der Waals surface area contributed by atoms with Gasteiger partial charge >= 0.3 is 12.0 Å². The predicted molar refractivity (Wildman–Crippen MR) is 93.7 cm³/mol. The fraction of sp³-hybridized carbons (Fsp3) is 0.500. The number of carbonyl (C=O) groups is 3. The maximum atomic E-state index is 12.3. The number of amides is 3. The number of fused-ring (bicyclic) bond motifs is 1. The van der Waals surface area contributed by atoms with Crippen molar-refractivity contribution in [2.45, 2.75) is 39.0 Å². The number of hydrogen-bond donors (Lipinski definition) is 3. The SMILES string of the molecule is CCNC(=O)N1CCc2ccc(NC(=O)CC3(C(=O)O)CCC3)cc21. The van der Waals surface area contributed by atoms with Crippen molar-refractivity contribution in [3.63, 3.8) is 0 Å². The molecule has 2 aliphatic rings. The molecule has 7 nitrogen and oxygen atoms in total. The maximum absolute atomic E-state index is 12.3. The molecule has 1 aliphatic heterocycles. The number of carboxylic acids is 1. The lowest BCUT2D eigenvalue weighted by atomic mass is 9.66. The summed E-state index contributed by atoms with van der Waals surface area (Å²) in [5, 5.41) is 14.9. The van der Waals surface area contributed by atoms with E-state index in [1.165, 1.54) is 0 Å². The minimum Gasteiger partial charge on any atom is -0.481 e. The number of nitrogens with one attached hydrogen (secondary N) is 2. The van der Waals surface area contributed by atoms with Gasteiger partial charge in [0.1, 0.15) is 0 Å². The van der Waals surface area contributed by atoms with Crippen LogP contribution in [0.2, 0.25) is 0 Å². The van der Waals surface area contributed by atoms with Crippen LogP contribution in [0.5, 0.6) is 0 Å². The van der Waals surface area contributed by atoms with Crippen LogP contribution in [0.1, 0.15) is 38.2 Å². The standard InChI is InChI=1S/C18H23N3O4/c1-2-19-17(25)21-9-6-12-4-5-13(10-14(12)21)20-15(22)11-18(16(23)24)7-3-8-18/h4-5,10H,2-3,6-9,11H2,1H3,(H,19,25)(H,20,22)(H,23,24). The molecule has 1 aromatic carbocycles. The third-order valence-electron chi connectivity index (χ3n) is 5.10. The molecule has 7 heteroatoms. The molecule has 134 valence electrons. The zero-order valence-corrected chi connectivity index (χ0v) is 14.3. The topological polar surface area (TPSA) is 98.7 Å². The molecule has 0 bridgehead atoms. The van der Waals surface area contributed by atoms with Gasteiger partial charge in [0.2, 0.25) is 5.91 Å². The molecule has 0 aromatic heterocycles. The first-order valence-corrected chi connectivity index (χ1v) is 8.67. The van der Waals surface area contributed by atoms with E-state index >= 15 is 0 Å². The van der Waals surface area contributed by atoms with Crippen molar-refractivity contribution < 1.29 is 19.5 Å². The van der Waals surface area contributed by atoms with Crippen LogP contribution in [0, 0.1) is 5.41 Å². The van der Waals surface area contributed by atoms with Crippen LogP contribution in [0.15, 0.2) is 18.2 Å². The molecular formula is C18H23N3O4. The third kappa shape index (κ3) is 3.31. The van der Waals surface area contributed by atoms with Gasteiger partial charge in [-0.3, -0.25) is 14.5 Å². The Morgan fingerprint density at radius 1 is 1.28 bits per heavy atom. The van der Waals surface area contributed by atoms with Crippen molar-refractivity contribution in [2.75, 3.05) is 23.3 Å². The number of carboxylic acid groups (broad SMARTS) is 1. The Balaban J connectivity index is 1.70. The Hall–Kier alpha value is -2.57. The van der Waals surface area contributed by atoms with E-state index in [9.17, 15) is 19.5 Å². The van der Waals surface area contributed by atoms with Crippen molar-refractivity contribution in [3.8, 4) is 0 Å². The second-order valence-electron chi connectivity index (χ2n) is 6.74. The molecule has 0 atom stereocenters. The number of aliphatic carboxylic acids is 1. The molecule has 0 spiro atoms. The predicted octanol–water partition coefficient (Wildman–Crippen LogP) is 2.36. The summed E-state index contributed by atoms with van der Waals surface area (Å²) in [6.07, 6.45) is 2.71. The van der Waals surface area contributed by atoms with Gasteiger partial charge in [-0.2, -0.15) is 0 Å². The second-order valence-corrected chi connectivity index (χ2v) is 6.74. The Morgan fingerprint density at radius 3 is 2.64 bits per heavy atom. The average Bonchev–Trinajstić information content (AvgIpc) is 2.94. The van der Waals surface area contributed by atoms with Crippen molar-refractivity contribution in [3.05, 3.63) is 23.8 Å². The van der Waals surface area contributed by atoms with Gasteiger partial charge < -0.3 is 15.7 Å². The Bertz CT molecular complexity index is 712. The van der Waals surface area contributed by atoms with Crippen LogP contribution in [-0.4, -0.2) is 36.1 Å². The van der Waals surface area contributed by atoms with Crippen molar-refractivity contribution in [2.24, 2.45) is 5.41 Å². The molecule has 25 heavy (non-hydrogen) atoms. The van der Waals surface area contributed by atoms with Gasteiger partial charge in [-0.15, -0.1) is 0 Å². The lowest BCUT2D eigenvalue weighted by Crippen LogP contribution is -2.41. The van der Waals surface area contributed by atoms with Crippen molar-refractivity contribution in [1.29, 1.82) is 0 Å². The number of anilines is 2. The molecule has 0 unspecified atom stereocenters. The van der Waals surface area contributed by atoms with Crippen LogP contribution in [0.4, 0.5) is 16.2 Å². The second kappa shape index (κ2) is 6.74. The highest BCUT2D eigenvalue weighted by molar-refractivity contribution is 5.98. The van der Waals surface area contributed by atoms with Crippen LogP contribution in [0.25, 0.3) is 0 Å². The van der Waals surface area contributed by atoms with E-state index < -0.39 is 11.4 Å². The number of hydrogen-bond acceptors (Lipinski definition) is 3. The minimum absolute atomic E-state index is 0.0144. The molecule has 1 fully saturated rings. The number of nitrogens with zero attached hydrogens (tertiary/aromatic N) is 1. The first-order chi connectivity index (χ1) is 11.9. The molecule has 3 amide bonds. The zero-order valence-electron chi connectivity index (χ0n) is 14.3. The number of carbonyl (C=O) groups excluding carboxylic acids is 2. The fourth-order valence-corrected chi connectivity index (χ4v) is 3.50. The molecule has 1 aliphatic carbocycles. The van der Waals surface area contributed by atoms with Gasteiger partial charge in [0.15, 0.2) is 0 Å². The molecule has 3 N–H and O–H groups in total. The highest BCUT2D eigenvalue weighted by atomic mass is 16.4. The first-order valence-electron chi connectivity index (χ1n) is 8.67. The summed E-state index contributed by atoms with van der Waals surface area (Å²) in [5.74, 6) is -1.20. The highest BCUT2D eigenvalue weighted by Crippen LogP contribution is 2.44. The normalized spacial score (nSPS) is 17.4. The van der Waals surface area contributed by atoms with E-state index in [4.69, 9.17) is 0 Å². The summed E-state index contributed by atoms with van der Waals surface area (Å²) in [6.45, 7) is 3.03. The smallest absolute Gasteiger partial charge is 0.321 e. The van der Waals surface area contributed by atoms with Crippen LogP contribution >= 0.6 is 0 Å². The van der Waals surface area contributed by atoms with E-state index in [0.717, 1.165) is 24.1 Å². The Kier molecular flexibility index (Phi) is 4.65. The van der Waals surface area contributed by atoms with Crippen molar-refractivity contribution in [1.82, 2.24) is 5.32 Å². The van der Waals surface area contributed by atoms with E-state index in [0.29, 0.717) is 31.6 Å². The molecule has 1 aromatic rings. The van der Waals surface area contributed by atoms with Gasteiger partial charge in [0.25, 0.3) is 0 Å². The molecule has 1 heterocycles. The summed E-state index contributed by atoms with van der Waals surface area (Å²) in [5.41, 5.74) is 1.53. The van der Waals surface area contributed by atoms with Gasteiger partial charge in [-0.05, 0) is 43.9 Å². The summed E-state index contributed by atoms with van der Waals surface area (Å²) in [7, 11) is 0. The van der Waals surface area contributed by atoms with E-state index in [-0.39, 0.29) is 18.4 Å². The monoisotopic (exact) mass is 345 g/mol. The van der Waals surface area contributed by atoms with E-state index in [1.54, 1.807) is 17.0 Å². The number of benzene rings is 1. The number of rotatable bonds is 5. The van der Waals surface area contributed by atoms with Gasteiger partial charge in [0.05, 0.1) is 11.1 Å². The van der Waals surface area contributed by atoms with Crippen molar-refractivity contribution >= 4 is 29.3 Å². The molecule has 3 rings (SSSR count). The van der Waals surface area contributed by atoms with E-state index in [1.807, 2.05) is 13.0 Å². The average molecular weight is 345 g/mol. The van der Waals surface area contributed by atoms with Crippen LogP contribution < -0.4 is 15.5 Å². The lowest BCUT2D eigenvalue weighted by Gasteiger charge is -2.36. The highest BCUT2D eigenvalue weighted by Gasteiger charge is 2.45. The summed E-state index contributed by atoms with van der Waals surface area (Å²) in [6, 6.07) is 5.33. The molecule has 1 saturated carbocycles. The third-order valence-corrected chi connectivity index (χ3v) is 5.10. The summed E-state index contributed by atoms with van der Waals surface area (Å²) >= 11 is 0. The largest absolute Gasteiger partial charge is 0.481 e. The Morgan fingerprint density at radius 2 is 2.04 bits per heavy atom. The number of urea groups is 1. The molecule has 0 radical (unpaired) electrons. The lowest BCUT2D eigenvalue weighted by molar-refractivity contribution is -0.157. The van der Waals surface area contributed by atoms with Crippen LogP contribution in [0.3, 0.4) is 0 Å². The fourth-order valence-electron chi connectivity index (χ4n) is 3.50. The summed E-state index contributed by atoms with van der Waals surface area (Å²) in [4.78, 5) is 37.4. The molecular weight excluding hydrogens is 322 g/mol. The minimum atomic E-state index is -0.909. The van der Waals surface area contributed by atoms with Gasteiger partial charge in [-0.25, -0.2) is 4.79 Å². The Labute approximate surface area is 146 Å². The molecule has 0 saturated heterocycles.